The van der Waals surface area contributed by atoms with Crippen LogP contribution in [0.4, 0.5) is 11.4 Å². The second kappa shape index (κ2) is 8.73. The van der Waals surface area contributed by atoms with E-state index >= 15 is 0 Å². The van der Waals surface area contributed by atoms with Gasteiger partial charge in [-0.25, -0.2) is 0 Å². The minimum Gasteiger partial charge on any atom is -0.496 e. The zero-order chi connectivity index (χ0) is 23.8. The third kappa shape index (κ3) is 4.35. The van der Waals surface area contributed by atoms with Crippen LogP contribution in [-0.2, 0) is 14.4 Å². The van der Waals surface area contributed by atoms with E-state index in [-0.39, 0.29) is 29.9 Å². The van der Waals surface area contributed by atoms with Gasteiger partial charge in [0.1, 0.15) is 11.5 Å². The van der Waals surface area contributed by atoms with Crippen molar-refractivity contribution in [3.05, 3.63) is 65.9 Å². The zero-order valence-corrected chi connectivity index (χ0v) is 19.0. The lowest BCUT2D eigenvalue weighted by molar-refractivity contribution is -0.138. The fourth-order valence-electron chi connectivity index (χ4n) is 4.85. The molecule has 1 amide bonds. The molecule has 172 valence electrons. The molecule has 4 rings (SSSR count). The van der Waals surface area contributed by atoms with Crippen molar-refractivity contribution < 1.29 is 24.2 Å². The third-order valence-corrected chi connectivity index (χ3v) is 6.17. The van der Waals surface area contributed by atoms with Gasteiger partial charge in [-0.15, -0.1) is 0 Å². The first kappa shape index (κ1) is 22.6. The van der Waals surface area contributed by atoms with Gasteiger partial charge in [-0.1, -0.05) is 50.3 Å². The average Bonchev–Trinajstić information content (AvgIpc) is 2.90. The van der Waals surface area contributed by atoms with E-state index in [9.17, 15) is 19.5 Å². The van der Waals surface area contributed by atoms with Crippen molar-refractivity contribution in [3.63, 3.8) is 0 Å². The van der Waals surface area contributed by atoms with Crippen molar-refractivity contribution in [1.82, 2.24) is 0 Å². The number of methoxy groups -OCH3 is 1. The number of nitrogens with zero attached hydrogens (tertiary/aromatic N) is 1. The molecule has 0 spiro atoms. The van der Waals surface area contributed by atoms with Crippen LogP contribution in [0.3, 0.4) is 0 Å². The number of para-hydroxylation sites is 3. The lowest BCUT2D eigenvalue weighted by atomic mass is 9.72. The minimum atomic E-state index is -1.05. The highest BCUT2D eigenvalue weighted by molar-refractivity contribution is 6.02. The molecule has 0 bridgehead atoms. The third-order valence-electron chi connectivity index (χ3n) is 6.17. The molecule has 2 aromatic rings. The molecule has 1 aliphatic heterocycles. The molecule has 2 aliphatic rings. The Morgan fingerprint density at radius 2 is 1.82 bits per heavy atom. The molecule has 2 aromatic carbocycles. The number of carboxylic acids is 1. The number of rotatable bonds is 5. The van der Waals surface area contributed by atoms with Crippen LogP contribution in [0.15, 0.2) is 60.3 Å². The highest BCUT2D eigenvalue weighted by atomic mass is 16.5. The number of nitrogens with one attached hydrogen (secondary N) is 1. The van der Waals surface area contributed by atoms with Crippen molar-refractivity contribution in [1.29, 1.82) is 0 Å². The maximum absolute atomic E-state index is 13.6. The van der Waals surface area contributed by atoms with E-state index in [0.29, 0.717) is 29.1 Å². The van der Waals surface area contributed by atoms with Crippen LogP contribution in [0, 0.1) is 11.3 Å². The molecule has 1 aliphatic carbocycles. The Morgan fingerprint density at radius 1 is 1.12 bits per heavy atom. The van der Waals surface area contributed by atoms with Gasteiger partial charge in [0.2, 0.25) is 5.91 Å². The number of amides is 1. The summed E-state index contributed by atoms with van der Waals surface area (Å²) in [5.41, 5.74) is 2.41. The number of aliphatic carboxylic acids is 1. The van der Waals surface area contributed by atoms with Crippen molar-refractivity contribution in [2.75, 3.05) is 17.3 Å². The highest BCUT2D eigenvalue weighted by Crippen LogP contribution is 2.50. The Labute approximate surface area is 193 Å². The monoisotopic (exact) mass is 448 g/mol. The van der Waals surface area contributed by atoms with Crippen LogP contribution in [-0.4, -0.2) is 29.9 Å². The molecule has 0 fully saturated rings. The Hall–Kier alpha value is -3.61. The van der Waals surface area contributed by atoms with Gasteiger partial charge < -0.3 is 20.1 Å². The van der Waals surface area contributed by atoms with E-state index in [1.165, 1.54) is 0 Å². The average molecular weight is 449 g/mol. The molecule has 0 saturated carbocycles. The second-order valence-corrected chi connectivity index (χ2v) is 9.20. The SMILES string of the molecule is COc1ccccc1C1C2C(=O)CC(C)(C)C=C2Nc2ccccc2N1C(=O)CCC(=O)O. The number of carbonyl (C=O) groups is 3. The predicted molar refractivity (Wildman–Crippen MR) is 125 cm³/mol. The molecule has 7 nitrogen and oxygen atoms in total. The van der Waals surface area contributed by atoms with Gasteiger partial charge in [-0.05, 0) is 23.6 Å². The van der Waals surface area contributed by atoms with E-state index < -0.39 is 17.9 Å². The molecule has 2 N–H and O–H groups in total. The normalized spacial score (nSPS) is 21.1. The molecule has 1 heterocycles. The first-order valence-corrected chi connectivity index (χ1v) is 11.0. The minimum absolute atomic E-state index is 0.0183. The summed E-state index contributed by atoms with van der Waals surface area (Å²) >= 11 is 0. The van der Waals surface area contributed by atoms with E-state index in [1.807, 2.05) is 56.3 Å². The maximum atomic E-state index is 13.6. The first-order valence-electron chi connectivity index (χ1n) is 11.0. The fourth-order valence-corrected chi connectivity index (χ4v) is 4.85. The Bertz CT molecular complexity index is 1140. The number of carbonyl (C=O) groups excluding carboxylic acids is 2. The number of hydrogen-bond acceptors (Lipinski definition) is 5. The lowest BCUT2D eigenvalue weighted by Gasteiger charge is -2.39. The number of ketones is 1. The Balaban J connectivity index is 1.98. The van der Waals surface area contributed by atoms with Gasteiger partial charge in [-0.3, -0.25) is 14.4 Å². The van der Waals surface area contributed by atoms with Gasteiger partial charge in [0.15, 0.2) is 0 Å². The second-order valence-electron chi connectivity index (χ2n) is 9.20. The molecule has 7 heteroatoms. The van der Waals surface area contributed by atoms with E-state index in [0.717, 1.165) is 5.70 Å². The predicted octanol–water partition coefficient (Wildman–Crippen LogP) is 4.56. The first-order chi connectivity index (χ1) is 15.7. The summed E-state index contributed by atoms with van der Waals surface area (Å²) in [6, 6.07) is 14.0. The van der Waals surface area contributed by atoms with E-state index in [4.69, 9.17) is 4.74 Å². The number of carboxylic acid groups (broad SMARTS) is 1. The summed E-state index contributed by atoms with van der Waals surface area (Å²) in [7, 11) is 1.56. The smallest absolute Gasteiger partial charge is 0.303 e. The van der Waals surface area contributed by atoms with E-state index in [1.54, 1.807) is 18.1 Å². The number of ether oxygens (including phenoxy) is 1. The summed E-state index contributed by atoms with van der Waals surface area (Å²) in [6.45, 7) is 4.03. The summed E-state index contributed by atoms with van der Waals surface area (Å²) in [5, 5.41) is 12.6. The zero-order valence-electron chi connectivity index (χ0n) is 19.0. The van der Waals surface area contributed by atoms with Gasteiger partial charge in [0, 0.05) is 24.1 Å². The highest BCUT2D eigenvalue weighted by Gasteiger charge is 2.46. The lowest BCUT2D eigenvalue weighted by Crippen LogP contribution is -2.43. The topological polar surface area (TPSA) is 95.9 Å². The maximum Gasteiger partial charge on any atom is 0.303 e. The summed E-state index contributed by atoms with van der Waals surface area (Å²) < 4.78 is 5.63. The van der Waals surface area contributed by atoms with E-state index in [2.05, 4.69) is 11.4 Å². The van der Waals surface area contributed by atoms with Gasteiger partial charge in [0.05, 0.1) is 36.9 Å². The Kier molecular flexibility index (Phi) is 5.97. The van der Waals surface area contributed by atoms with Crippen LogP contribution in [0.5, 0.6) is 5.75 Å². The standard InChI is InChI=1S/C26H28N2O5/c1-26(2)14-18-24(20(29)15-26)25(16-8-4-7-11-21(16)33-3)28(22(30)12-13-23(31)32)19-10-6-5-9-17(19)27-18/h4-11,14,24-25,27H,12-13,15H2,1-3H3,(H,31,32). The van der Waals surface area contributed by atoms with Crippen LogP contribution in [0.1, 0.15) is 44.7 Å². The van der Waals surface area contributed by atoms with Crippen LogP contribution < -0.4 is 15.0 Å². The number of benzene rings is 2. The van der Waals surface area contributed by atoms with Crippen LogP contribution >= 0.6 is 0 Å². The molecular weight excluding hydrogens is 420 g/mol. The number of fused-ring (bicyclic) bond motifs is 2. The molecule has 2 unspecified atom stereocenters. The van der Waals surface area contributed by atoms with Gasteiger partial charge >= 0.3 is 5.97 Å². The summed E-state index contributed by atoms with van der Waals surface area (Å²) in [5.74, 6) is -1.47. The summed E-state index contributed by atoms with van der Waals surface area (Å²) in [4.78, 5) is 40.0. The van der Waals surface area contributed by atoms with Gasteiger partial charge in [-0.2, -0.15) is 0 Å². The summed E-state index contributed by atoms with van der Waals surface area (Å²) in [6.07, 6.45) is 1.93. The quantitative estimate of drug-likeness (QED) is 0.696. The molecule has 33 heavy (non-hydrogen) atoms. The molecule has 0 saturated heterocycles. The van der Waals surface area contributed by atoms with Crippen molar-refractivity contribution in [2.24, 2.45) is 11.3 Å². The fraction of sp³-hybridized carbons (Fsp3) is 0.346. The van der Waals surface area contributed by atoms with Crippen LogP contribution in [0.25, 0.3) is 0 Å². The largest absolute Gasteiger partial charge is 0.496 e. The number of allylic oxidation sites excluding steroid dienone is 1. The number of anilines is 2. The molecule has 0 radical (unpaired) electrons. The molecule has 2 atom stereocenters. The number of Topliss-reactive ketones (excluding diaryl/α,β-unsaturated/α-hetero) is 1. The Morgan fingerprint density at radius 3 is 2.55 bits per heavy atom. The van der Waals surface area contributed by atoms with Crippen LogP contribution in [0.2, 0.25) is 0 Å². The van der Waals surface area contributed by atoms with Crippen molar-refractivity contribution in [3.8, 4) is 5.75 Å². The van der Waals surface area contributed by atoms with Crippen molar-refractivity contribution >= 4 is 29.0 Å². The molecular formula is C26H28N2O5. The van der Waals surface area contributed by atoms with Crippen molar-refractivity contribution in [2.45, 2.75) is 39.2 Å². The number of hydrogen-bond donors (Lipinski definition) is 2. The molecule has 0 aromatic heterocycles. The van der Waals surface area contributed by atoms with Gasteiger partial charge in [0.25, 0.3) is 0 Å².